The van der Waals surface area contributed by atoms with E-state index in [0.29, 0.717) is 16.5 Å². The topological polar surface area (TPSA) is 62.2 Å². The van der Waals surface area contributed by atoms with Crippen LogP contribution in [0.1, 0.15) is 23.5 Å². The summed E-state index contributed by atoms with van der Waals surface area (Å²) < 4.78 is 16.5. The minimum absolute atomic E-state index is 0.0250. The zero-order valence-electron chi connectivity index (χ0n) is 18.1. The Morgan fingerprint density at radius 3 is 2.53 bits per heavy atom. The Morgan fingerprint density at radius 2 is 1.76 bits per heavy atom. The minimum Gasteiger partial charge on any atom is -0.352 e. The number of nitrogens with one attached hydrogen (secondary N) is 2. The molecule has 0 bridgehead atoms. The van der Waals surface area contributed by atoms with E-state index >= 15 is 0 Å². The molecule has 0 aliphatic carbocycles. The maximum Gasteiger partial charge on any atom is 0.244 e. The first-order chi connectivity index (χ1) is 16.6. The third-order valence-corrected chi connectivity index (χ3v) is 6.12. The number of benzene rings is 2. The Kier molecular flexibility index (Phi) is 6.05. The van der Waals surface area contributed by atoms with Crippen molar-refractivity contribution in [2.75, 3.05) is 11.9 Å². The molecule has 2 N–H and O–H groups in total. The molecule has 0 unspecified atom stereocenters. The molecule has 4 aromatic rings. The van der Waals surface area contributed by atoms with Crippen molar-refractivity contribution in [3.8, 4) is 5.69 Å². The average Bonchev–Trinajstić information content (AvgIpc) is 3.45. The van der Waals surface area contributed by atoms with Gasteiger partial charge in [-0.3, -0.25) is 9.78 Å². The summed E-state index contributed by atoms with van der Waals surface area (Å²) in [6.07, 6.45) is 3.53. The number of nitrogens with zero attached hydrogens (tertiary/aromatic N) is 3. The summed E-state index contributed by atoms with van der Waals surface area (Å²) in [7, 11) is 0. The molecule has 1 amide bonds. The quantitative estimate of drug-likeness (QED) is 0.402. The normalized spacial score (nSPS) is 17.4. The number of hydrogen-bond acceptors (Lipinski definition) is 3. The van der Waals surface area contributed by atoms with Gasteiger partial charge in [-0.1, -0.05) is 36.4 Å². The van der Waals surface area contributed by atoms with Crippen molar-refractivity contribution >= 4 is 28.9 Å². The van der Waals surface area contributed by atoms with Gasteiger partial charge in [-0.2, -0.15) is 0 Å². The molecule has 1 saturated heterocycles. The summed E-state index contributed by atoms with van der Waals surface area (Å²) >= 11 is 5.66. The van der Waals surface area contributed by atoms with Gasteiger partial charge in [0.15, 0.2) is 5.11 Å². The lowest BCUT2D eigenvalue weighted by Gasteiger charge is -2.28. The maximum atomic E-state index is 14.7. The smallest absolute Gasteiger partial charge is 0.244 e. The van der Waals surface area contributed by atoms with Crippen LogP contribution in [0.4, 0.5) is 10.1 Å². The Hall–Kier alpha value is -4.04. The molecule has 0 radical (unpaired) electrons. The first-order valence-electron chi connectivity index (χ1n) is 10.9. The SMILES string of the molecule is O=C(CN1C(=S)N[C@@H](c2ccccn2)[C@H]1c1cccn1-c1ccccc1F)Nc1ccccc1. The van der Waals surface area contributed by atoms with Crippen LogP contribution in [0.2, 0.25) is 0 Å². The molecule has 34 heavy (non-hydrogen) atoms. The maximum absolute atomic E-state index is 14.7. The molecule has 0 spiro atoms. The fourth-order valence-corrected chi connectivity index (χ4v) is 4.58. The molecule has 6 nitrogen and oxygen atoms in total. The molecule has 3 heterocycles. The largest absolute Gasteiger partial charge is 0.352 e. The van der Waals surface area contributed by atoms with Crippen LogP contribution in [-0.2, 0) is 4.79 Å². The van der Waals surface area contributed by atoms with Crippen LogP contribution in [0.3, 0.4) is 0 Å². The van der Waals surface area contributed by atoms with Crippen LogP contribution >= 0.6 is 12.2 Å². The van der Waals surface area contributed by atoms with Crippen LogP contribution in [0.25, 0.3) is 5.69 Å². The highest BCUT2D eigenvalue weighted by Crippen LogP contribution is 2.39. The lowest BCUT2D eigenvalue weighted by atomic mass is 10.0. The van der Waals surface area contributed by atoms with E-state index in [1.165, 1.54) is 6.07 Å². The van der Waals surface area contributed by atoms with Crippen LogP contribution < -0.4 is 10.6 Å². The van der Waals surface area contributed by atoms with Crippen molar-refractivity contribution in [1.82, 2.24) is 19.8 Å². The van der Waals surface area contributed by atoms with Crippen molar-refractivity contribution in [2.24, 2.45) is 0 Å². The molecule has 1 aliphatic rings. The van der Waals surface area contributed by atoms with Gasteiger partial charge in [0, 0.05) is 23.8 Å². The van der Waals surface area contributed by atoms with E-state index in [-0.39, 0.29) is 24.3 Å². The highest BCUT2D eigenvalue weighted by atomic mass is 32.1. The van der Waals surface area contributed by atoms with E-state index in [1.807, 2.05) is 71.8 Å². The van der Waals surface area contributed by atoms with Gasteiger partial charge in [0.05, 0.1) is 23.5 Å². The Labute approximate surface area is 202 Å². The van der Waals surface area contributed by atoms with Crippen molar-refractivity contribution < 1.29 is 9.18 Å². The number of carbonyl (C=O) groups excluding carboxylic acids is 1. The second-order valence-electron chi connectivity index (χ2n) is 7.92. The predicted octanol–water partition coefficient (Wildman–Crippen LogP) is 4.62. The van der Waals surface area contributed by atoms with E-state index in [2.05, 4.69) is 15.6 Å². The van der Waals surface area contributed by atoms with Crippen molar-refractivity contribution in [2.45, 2.75) is 12.1 Å². The van der Waals surface area contributed by atoms with Gasteiger partial charge >= 0.3 is 0 Å². The van der Waals surface area contributed by atoms with Gasteiger partial charge in [0.2, 0.25) is 5.91 Å². The second-order valence-corrected chi connectivity index (χ2v) is 8.31. The van der Waals surface area contributed by atoms with Crippen molar-refractivity contribution in [1.29, 1.82) is 0 Å². The molecular formula is C26H22FN5OS. The van der Waals surface area contributed by atoms with E-state index in [1.54, 1.807) is 29.0 Å². The highest BCUT2D eigenvalue weighted by molar-refractivity contribution is 7.80. The predicted molar refractivity (Wildman–Crippen MR) is 133 cm³/mol. The highest BCUT2D eigenvalue weighted by Gasteiger charge is 2.42. The fraction of sp³-hybridized carbons (Fsp3) is 0.115. The molecule has 1 fully saturated rings. The number of carbonyl (C=O) groups is 1. The van der Waals surface area contributed by atoms with Crippen LogP contribution in [0.5, 0.6) is 0 Å². The average molecular weight is 472 g/mol. The fourth-order valence-electron chi connectivity index (χ4n) is 4.28. The number of amides is 1. The number of anilines is 1. The summed E-state index contributed by atoms with van der Waals surface area (Å²) in [6.45, 7) is 0.0250. The van der Waals surface area contributed by atoms with Crippen LogP contribution in [0.15, 0.2) is 97.3 Å². The first kappa shape index (κ1) is 21.8. The number of pyridine rings is 1. The number of halogens is 1. The molecule has 8 heteroatoms. The molecular weight excluding hydrogens is 449 g/mol. The zero-order valence-corrected chi connectivity index (χ0v) is 19.0. The Morgan fingerprint density at radius 1 is 1.00 bits per heavy atom. The summed E-state index contributed by atoms with van der Waals surface area (Å²) in [5, 5.41) is 6.68. The lowest BCUT2D eigenvalue weighted by molar-refractivity contribution is -0.116. The number of aromatic nitrogens is 2. The Balaban J connectivity index is 1.53. The molecule has 2 aromatic heterocycles. The summed E-state index contributed by atoms with van der Waals surface area (Å²) in [5.41, 5.74) is 2.70. The van der Waals surface area contributed by atoms with Crippen LogP contribution in [-0.4, -0.2) is 32.0 Å². The van der Waals surface area contributed by atoms with E-state index in [0.717, 1.165) is 11.4 Å². The van der Waals surface area contributed by atoms with Gasteiger partial charge in [-0.15, -0.1) is 0 Å². The molecule has 2 aromatic carbocycles. The molecule has 2 atom stereocenters. The van der Waals surface area contributed by atoms with Gasteiger partial charge in [0.1, 0.15) is 12.4 Å². The van der Waals surface area contributed by atoms with E-state index < -0.39 is 6.04 Å². The van der Waals surface area contributed by atoms with Gasteiger partial charge in [-0.05, 0) is 60.7 Å². The number of para-hydroxylation sites is 2. The van der Waals surface area contributed by atoms with Crippen molar-refractivity contribution in [3.63, 3.8) is 0 Å². The first-order valence-corrected chi connectivity index (χ1v) is 11.3. The number of hydrogen-bond donors (Lipinski definition) is 2. The monoisotopic (exact) mass is 471 g/mol. The number of thiocarbonyl (C=S) groups is 1. The second kappa shape index (κ2) is 9.44. The van der Waals surface area contributed by atoms with E-state index in [9.17, 15) is 9.18 Å². The summed E-state index contributed by atoms with van der Waals surface area (Å²) in [4.78, 5) is 19.3. The number of rotatable bonds is 6. The Bertz CT molecular complexity index is 1310. The summed E-state index contributed by atoms with van der Waals surface area (Å²) in [6, 6.07) is 24.6. The minimum atomic E-state index is -0.390. The van der Waals surface area contributed by atoms with Crippen molar-refractivity contribution in [3.05, 3.63) is 115 Å². The molecule has 0 saturated carbocycles. The molecule has 1 aliphatic heterocycles. The van der Waals surface area contributed by atoms with Crippen LogP contribution in [0, 0.1) is 5.82 Å². The molecule has 170 valence electrons. The third kappa shape index (κ3) is 4.27. The van der Waals surface area contributed by atoms with E-state index in [4.69, 9.17) is 12.2 Å². The van der Waals surface area contributed by atoms with Gasteiger partial charge in [-0.25, -0.2) is 4.39 Å². The van der Waals surface area contributed by atoms with Gasteiger partial charge in [0.25, 0.3) is 0 Å². The van der Waals surface area contributed by atoms with Gasteiger partial charge < -0.3 is 20.1 Å². The standard InChI is InChI=1S/C26H22FN5OS/c27-19-11-4-5-13-21(19)31-16-8-14-22(31)25-24(20-12-6-7-15-28-20)30-26(34)32(25)17-23(33)29-18-9-2-1-3-10-18/h1-16,24-25H,17H2,(H,29,33)(H,30,34)/t24-,25+/m0/s1. The molecule has 5 rings (SSSR count). The summed E-state index contributed by atoms with van der Waals surface area (Å²) in [5.74, 6) is -0.540. The third-order valence-electron chi connectivity index (χ3n) is 5.76. The lowest BCUT2D eigenvalue weighted by Crippen LogP contribution is -2.37. The zero-order chi connectivity index (χ0) is 23.5.